The molecule has 3 nitrogen and oxygen atoms in total. The number of amides is 1. The van der Waals surface area contributed by atoms with E-state index in [0.717, 1.165) is 11.1 Å². The molecule has 1 aromatic heterocycles. The molecule has 0 radical (unpaired) electrons. The largest absolute Gasteiger partial charge is 0.307 e. The van der Waals surface area contributed by atoms with Crippen molar-refractivity contribution in [2.24, 2.45) is 0 Å². The van der Waals surface area contributed by atoms with E-state index in [1.807, 2.05) is 38.1 Å². The van der Waals surface area contributed by atoms with Crippen molar-refractivity contribution in [3.8, 4) is 0 Å². The van der Waals surface area contributed by atoms with Gasteiger partial charge in [-0.05, 0) is 43.7 Å². The van der Waals surface area contributed by atoms with Gasteiger partial charge in [0.1, 0.15) is 5.82 Å². The first kappa shape index (κ1) is 14.2. The highest BCUT2D eigenvalue weighted by Gasteiger charge is 2.05. The molecule has 0 spiro atoms. The van der Waals surface area contributed by atoms with Crippen LogP contribution in [-0.4, -0.2) is 10.9 Å². The van der Waals surface area contributed by atoms with Crippen molar-refractivity contribution >= 4 is 24.1 Å². The van der Waals surface area contributed by atoms with Crippen molar-refractivity contribution in [3.05, 3.63) is 59.3 Å². The van der Waals surface area contributed by atoms with Crippen molar-refractivity contribution < 1.29 is 4.79 Å². The molecular formula is C14H15ClN2O. The van der Waals surface area contributed by atoms with Gasteiger partial charge in [0.25, 0.3) is 5.91 Å². The lowest BCUT2D eigenvalue weighted by atomic mass is 10.1. The SMILES string of the molecule is Cc1ccc(C(=O)Nc2cc(C)ccn2)cc1.Cl. The molecule has 0 fully saturated rings. The molecule has 0 bridgehead atoms. The second kappa shape index (κ2) is 6.17. The number of rotatable bonds is 2. The molecule has 1 aromatic carbocycles. The van der Waals surface area contributed by atoms with Crippen molar-refractivity contribution in [2.45, 2.75) is 13.8 Å². The molecule has 2 aromatic rings. The molecule has 2 rings (SSSR count). The minimum atomic E-state index is -0.136. The Morgan fingerprint density at radius 3 is 2.33 bits per heavy atom. The molecule has 0 aliphatic heterocycles. The predicted molar refractivity (Wildman–Crippen MR) is 75.4 cm³/mol. The summed E-state index contributed by atoms with van der Waals surface area (Å²) < 4.78 is 0. The molecule has 1 amide bonds. The van der Waals surface area contributed by atoms with E-state index in [0.29, 0.717) is 11.4 Å². The standard InChI is InChI=1S/C14H14N2O.ClH/c1-10-3-5-12(6-4-10)14(17)16-13-9-11(2)7-8-15-13;/h3-9H,1-2H3,(H,15,16,17);1H. The number of anilines is 1. The van der Waals surface area contributed by atoms with E-state index in [4.69, 9.17) is 0 Å². The Morgan fingerprint density at radius 2 is 1.72 bits per heavy atom. The number of halogens is 1. The molecule has 0 unspecified atom stereocenters. The normalized spacial score (nSPS) is 9.44. The maximum atomic E-state index is 11.9. The summed E-state index contributed by atoms with van der Waals surface area (Å²) >= 11 is 0. The lowest BCUT2D eigenvalue weighted by molar-refractivity contribution is 0.102. The first-order valence-corrected chi connectivity index (χ1v) is 5.46. The van der Waals surface area contributed by atoms with Crippen LogP contribution in [0.3, 0.4) is 0 Å². The van der Waals surface area contributed by atoms with Crippen LogP contribution in [0.1, 0.15) is 21.5 Å². The number of nitrogens with one attached hydrogen (secondary N) is 1. The van der Waals surface area contributed by atoms with Crippen LogP contribution in [-0.2, 0) is 0 Å². The Kier molecular flexibility index (Phi) is 4.86. The number of aryl methyl sites for hydroxylation is 2. The summed E-state index contributed by atoms with van der Waals surface area (Å²) in [4.78, 5) is 16.0. The molecule has 1 N–H and O–H groups in total. The molecule has 18 heavy (non-hydrogen) atoms. The van der Waals surface area contributed by atoms with Crippen LogP contribution >= 0.6 is 12.4 Å². The van der Waals surface area contributed by atoms with Gasteiger partial charge >= 0.3 is 0 Å². The van der Waals surface area contributed by atoms with Gasteiger partial charge in [0.2, 0.25) is 0 Å². The number of hydrogen-bond acceptors (Lipinski definition) is 2. The van der Waals surface area contributed by atoms with Crippen molar-refractivity contribution in [1.82, 2.24) is 4.98 Å². The van der Waals surface area contributed by atoms with Crippen molar-refractivity contribution in [2.75, 3.05) is 5.32 Å². The zero-order chi connectivity index (χ0) is 12.3. The zero-order valence-electron chi connectivity index (χ0n) is 10.3. The van der Waals surface area contributed by atoms with Gasteiger partial charge in [-0.1, -0.05) is 17.7 Å². The van der Waals surface area contributed by atoms with Crippen molar-refractivity contribution in [1.29, 1.82) is 0 Å². The quantitative estimate of drug-likeness (QED) is 0.902. The van der Waals surface area contributed by atoms with Crippen LogP contribution in [0.5, 0.6) is 0 Å². The topological polar surface area (TPSA) is 42.0 Å². The average molecular weight is 263 g/mol. The molecule has 1 heterocycles. The molecule has 0 aliphatic carbocycles. The van der Waals surface area contributed by atoms with E-state index in [1.165, 1.54) is 0 Å². The Balaban J connectivity index is 0.00000162. The van der Waals surface area contributed by atoms with E-state index in [2.05, 4.69) is 10.3 Å². The summed E-state index contributed by atoms with van der Waals surface area (Å²) in [7, 11) is 0. The minimum absolute atomic E-state index is 0. The predicted octanol–water partition coefficient (Wildman–Crippen LogP) is 3.37. The van der Waals surface area contributed by atoms with Gasteiger partial charge < -0.3 is 5.32 Å². The summed E-state index contributed by atoms with van der Waals surface area (Å²) in [5.41, 5.74) is 2.84. The monoisotopic (exact) mass is 262 g/mol. The zero-order valence-corrected chi connectivity index (χ0v) is 11.1. The first-order valence-electron chi connectivity index (χ1n) is 5.46. The Morgan fingerprint density at radius 1 is 1.06 bits per heavy atom. The highest BCUT2D eigenvalue weighted by Crippen LogP contribution is 2.09. The average Bonchev–Trinajstić information content (AvgIpc) is 2.29. The Bertz CT molecular complexity index is 538. The van der Waals surface area contributed by atoms with Crippen LogP contribution in [0.15, 0.2) is 42.6 Å². The first-order chi connectivity index (χ1) is 8.15. The highest BCUT2D eigenvalue weighted by atomic mass is 35.5. The third-order valence-electron chi connectivity index (χ3n) is 2.47. The summed E-state index contributed by atoms with van der Waals surface area (Å²) in [6.07, 6.45) is 1.68. The van der Waals surface area contributed by atoms with Gasteiger partial charge in [-0.2, -0.15) is 0 Å². The number of hydrogen-bond donors (Lipinski definition) is 1. The maximum absolute atomic E-state index is 11.9. The number of aromatic nitrogens is 1. The fourth-order valence-electron chi connectivity index (χ4n) is 1.50. The summed E-state index contributed by atoms with van der Waals surface area (Å²) in [5.74, 6) is 0.443. The second-order valence-electron chi connectivity index (χ2n) is 4.04. The van der Waals surface area contributed by atoms with E-state index < -0.39 is 0 Å². The van der Waals surface area contributed by atoms with E-state index in [9.17, 15) is 4.79 Å². The lowest BCUT2D eigenvalue weighted by Gasteiger charge is -2.05. The van der Waals surface area contributed by atoms with Crippen LogP contribution in [0.4, 0.5) is 5.82 Å². The van der Waals surface area contributed by atoms with Crippen LogP contribution < -0.4 is 5.32 Å². The van der Waals surface area contributed by atoms with Crippen LogP contribution in [0, 0.1) is 13.8 Å². The van der Waals surface area contributed by atoms with Gasteiger partial charge in [0.05, 0.1) is 0 Å². The Hall–Kier alpha value is -1.87. The van der Waals surface area contributed by atoms with Gasteiger partial charge in [-0.3, -0.25) is 4.79 Å². The molecule has 0 saturated carbocycles. The summed E-state index contributed by atoms with van der Waals surface area (Å²) in [6, 6.07) is 11.2. The number of carbonyl (C=O) groups is 1. The number of pyridine rings is 1. The number of benzene rings is 1. The molecule has 4 heteroatoms. The molecule has 0 atom stereocenters. The minimum Gasteiger partial charge on any atom is -0.307 e. The fraction of sp³-hybridized carbons (Fsp3) is 0.143. The molecule has 94 valence electrons. The molecule has 0 aliphatic rings. The van der Waals surface area contributed by atoms with Gasteiger partial charge in [-0.15, -0.1) is 12.4 Å². The third-order valence-corrected chi connectivity index (χ3v) is 2.47. The van der Waals surface area contributed by atoms with Crippen LogP contribution in [0.2, 0.25) is 0 Å². The lowest BCUT2D eigenvalue weighted by Crippen LogP contribution is -2.12. The number of nitrogens with zero attached hydrogens (tertiary/aromatic N) is 1. The summed E-state index contributed by atoms with van der Waals surface area (Å²) in [5, 5.41) is 2.77. The molecular weight excluding hydrogens is 248 g/mol. The fourth-order valence-corrected chi connectivity index (χ4v) is 1.50. The van der Waals surface area contributed by atoms with Crippen molar-refractivity contribution in [3.63, 3.8) is 0 Å². The Labute approximate surface area is 113 Å². The maximum Gasteiger partial charge on any atom is 0.256 e. The number of carbonyl (C=O) groups excluding carboxylic acids is 1. The smallest absolute Gasteiger partial charge is 0.256 e. The highest BCUT2D eigenvalue weighted by molar-refractivity contribution is 6.03. The van der Waals surface area contributed by atoms with E-state index >= 15 is 0 Å². The molecule has 0 saturated heterocycles. The van der Waals surface area contributed by atoms with Gasteiger partial charge in [0, 0.05) is 11.8 Å². The third kappa shape index (κ3) is 3.57. The second-order valence-corrected chi connectivity index (χ2v) is 4.04. The van der Waals surface area contributed by atoms with E-state index in [-0.39, 0.29) is 18.3 Å². The van der Waals surface area contributed by atoms with Gasteiger partial charge in [-0.25, -0.2) is 4.98 Å². The van der Waals surface area contributed by atoms with Gasteiger partial charge in [0.15, 0.2) is 0 Å². The van der Waals surface area contributed by atoms with E-state index in [1.54, 1.807) is 18.3 Å². The van der Waals surface area contributed by atoms with Crippen LogP contribution in [0.25, 0.3) is 0 Å². The summed E-state index contributed by atoms with van der Waals surface area (Å²) in [6.45, 7) is 3.95.